The minimum atomic E-state index is -0.439. The normalized spacial score (nSPS) is 13.0. The van der Waals surface area contributed by atoms with Crippen molar-refractivity contribution in [2.24, 2.45) is 5.41 Å². The molecule has 0 unspecified atom stereocenters. The Bertz CT molecular complexity index is 560. The molecule has 0 saturated carbocycles. The number of amides is 1. The van der Waals surface area contributed by atoms with Crippen LogP contribution in [0.25, 0.3) is 6.08 Å². The van der Waals surface area contributed by atoms with Gasteiger partial charge >= 0.3 is 0 Å². The lowest BCUT2D eigenvalue weighted by molar-refractivity contribution is -0.117. The fourth-order valence-electron chi connectivity index (χ4n) is 1.72. The first-order chi connectivity index (χ1) is 9.75. The molecule has 0 atom stereocenters. The Morgan fingerprint density at radius 1 is 1.33 bits per heavy atom. The number of allylic oxidation sites excluding steroid dienone is 2. The van der Waals surface area contributed by atoms with Crippen molar-refractivity contribution in [3.8, 4) is 0 Å². The molecule has 0 aliphatic carbocycles. The van der Waals surface area contributed by atoms with E-state index in [4.69, 9.17) is 9.15 Å². The number of nitrogens with one attached hydrogen (secondary N) is 1. The maximum atomic E-state index is 12.0. The highest BCUT2D eigenvalue weighted by molar-refractivity contribution is 5.96. The number of ether oxygens (including phenoxy) is 1. The second kappa shape index (κ2) is 6.92. The molecular weight excluding hydrogens is 270 g/mol. The van der Waals surface area contributed by atoms with E-state index in [0.29, 0.717) is 11.5 Å². The Kier molecular flexibility index (Phi) is 5.52. The molecule has 1 heterocycles. The molecule has 0 bridgehead atoms. The molecule has 1 amide bonds. The molecule has 0 fully saturated rings. The molecule has 1 rings (SSSR count). The van der Waals surface area contributed by atoms with Gasteiger partial charge in [-0.15, -0.1) is 0 Å². The van der Waals surface area contributed by atoms with Crippen molar-refractivity contribution in [3.63, 3.8) is 0 Å². The van der Waals surface area contributed by atoms with E-state index in [1.165, 1.54) is 26.4 Å². The minimum Gasteiger partial charge on any atom is -0.491 e. The van der Waals surface area contributed by atoms with Gasteiger partial charge in [-0.25, -0.2) is 0 Å². The van der Waals surface area contributed by atoms with Gasteiger partial charge in [0.1, 0.15) is 5.76 Å². The Balaban J connectivity index is 2.98. The van der Waals surface area contributed by atoms with Gasteiger partial charge in [0.2, 0.25) is 5.91 Å². The molecular formula is C16H21NO4. The molecule has 1 aromatic rings. The van der Waals surface area contributed by atoms with Crippen LogP contribution in [-0.4, -0.2) is 18.8 Å². The van der Waals surface area contributed by atoms with Gasteiger partial charge in [0.15, 0.2) is 11.5 Å². The van der Waals surface area contributed by atoms with E-state index in [9.17, 15) is 9.59 Å². The van der Waals surface area contributed by atoms with E-state index in [1.54, 1.807) is 18.2 Å². The zero-order valence-electron chi connectivity index (χ0n) is 13.0. The summed E-state index contributed by atoms with van der Waals surface area (Å²) in [5, 5.41) is 2.72. The van der Waals surface area contributed by atoms with Gasteiger partial charge < -0.3 is 14.5 Å². The summed E-state index contributed by atoms with van der Waals surface area (Å²) in [6.07, 6.45) is 4.42. The molecule has 5 nitrogen and oxygen atoms in total. The zero-order valence-corrected chi connectivity index (χ0v) is 13.0. The highest BCUT2D eigenvalue weighted by atomic mass is 16.5. The van der Waals surface area contributed by atoms with Gasteiger partial charge in [-0.1, -0.05) is 20.8 Å². The summed E-state index contributed by atoms with van der Waals surface area (Å²) in [4.78, 5) is 23.6. The van der Waals surface area contributed by atoms with E-state index >= 15 is 0 Å². The number of hydrogen-bond acceptors (Lipinski definition) is 4. The minimum absolute atomic E-state index is 0.155. The van der Waals surface area contributed by atoms with E-state index in [2.05, 4.69) is 5.32 Å². The first-order valence-corrected chi connectivity index (χ1v) is 6.58. The average Bonchev–Trinajstić information content (AvgIpc) is 2.87. The smallest absolute Gasteiger partial charge is 0.248 e. The third kappa shape index (κ3) is 4.95. The van der Waals surface area contributed by atoms with Crippen molar-refractivity contribution in [2.45, 2.75) is 27.7 Å². The molecule has 0 saturated heterocycles. The van der Waals surface area contributed by atoms with Crippen molar-refractivity contribution in [1.82, 2.24) is 5.32 Å². The van der Waals surface area contributed by atoms with Crippen LogP contribution in [0.2, 0.25) is 0 Å². The second-order valence-corrected chi connectivity index (χ2v) is 5.55. The lowest BCUT2D eigenvalue weighted by Crippen LogP contribution is -2.32. The molecule has 0 aliphatic rings. The van der Waals surface area contributed by atoms with Crippen molar-refractivity contribution in [2.75, 3.05) is 7.11 Å². The molecule has 0 spiro atoms. The lowest BCUT2D eigenvalue weighted by atomic mass is 9.90. The van der Waals surface area contributed by atoms with E-state index in [1.807, 2.05) is 20.8 Å². The largest absolute Gasteiger partial charge is 0.491 e. The number of Topliss-reactive ketones (excluding diaryl/α,β-unsaturated/α-hetero) is 1. The Labute approximate surface area is 124 Å². The van der Waals surface area contributed by atoms with Crippen LogP contribution in [0.3, 0.4) is 0 Å². The van der Waals surface area contributed by atoms with Gasteiger partial charge in [0.05, 0.1) is 19.1 Å². The third-order valence-corrected chi connectivity index (χ3v) is 2.69. The van der Waals surface area contributed by atoms with Gasteiger partial charge in [-0.05, 0) is 18.2 Å². The number of carbonyl (C=O) groups excluding carboxylic acids is 2. The molecule has 5 heteroatoms. The van der Waals surface area contributed by atoms with Gasteiger partial charge in [0.25, 0.3) is 0 Å². The SMILES string of the molecule is CO/C(C(C)=O)=C(\NC(=O)/C=C/c1ccco1)C(C)(C)C. The summed E-state index contributed by atoms with van der Waals surface area (Å²) in [5.74, 6) is 0.136. The summed E-state index contributed by atoms with van der Waals surface area (Å²) in [6, 6.07) is 3.47. The Hall–Kier alpha value is -2.30. The Morgan fingerprint density at radius 3 is 2.43 bits per heavy atom. The van der Waals surface area contributed by atoms with Gasteiger partial charge in [0, 0.05) is 18.4 Å². The van der Waals surface area contributed by atoms with E-state index < -0.39 is 5.41 Å². The van der Waals surface area contributed by atoms with Crippen LogP contribution in [0.15, 0.2) is 40.3 Å². The number of ketones is 1. The van der Waals surface area contributed by atoms with Crippen LogP contribution in [0, 0.1) is 5.41 Å². The average molecular weight is 291 g/mol. The summed E-state index contributed by atoms with van der Waals surface area (Å²) in [5.41, 5.74) is 0.0113. The third-order valence-electron chi connectivity index (χ3n) is 2.69. The highest BCUT2D eigenvalue weighted by Gasteiger charge is 2.25. The van der Waals surface area contributed by atoms with Crippen LogP contribution in [-0.2, 0) is 14.3 Å². The van der Waals surface area contributed by atoms with Crippen LogP contribution in [0.4, 0.5) is 0 Å². The summed E-state index contributed by atoms with van der Waals surface area (Å²) >= 11 is 0. The molecule has 1 N–H and O–H groups in total. The number of hydrogen-bond donors (Lipinski definition) is 1. The van der Waals surface area contributed by atoms with Crippen molar-refractivity contribution < 1.29 is 18.7 Å². The molecule has 1 aromatic heterocycles. The summed E-state index contributed by atoms with van der Waals surface area (Å²) in [6.45, 7) is 7.07. The fourth-order valence-corrected chi connectivity index (χ4v) is 1.72. The number of rotatable bonds is 5. The predicted octanol–water partition coefficient (Wildman–Crippen LogP) is 2.90. The number of methoxy groups -OCH3 is 1. The number of furan rings is 1. The first kappa shape index (κ1) is 16.8. The van der Waals surface area contributed by atoms with Crippen molar-refractivity contribution in [3.05, 3.63) is 41.7 Å². The van der Waals surface area contributed by atoms with Gasteiger partial charge in [-0.2, -0.15) is 0 Å². The first-order valence-electron chi connectivity index (χ1n) is 6.58. The standard InChI is InChI=1S/C16H21NO4/c1-11(18)14(20-5)15(16(2,3)4)17-13(19)9-8-12-7-6-10-21-12/h6-10H,1-5H3,(H,17,19)/b9-8+,15-14-. The van der Waals surface area contributed by atoms with Gasteiger partial charge in [-0.3, -0.25) is 9.59 Å². The van der Waals surface area contributed by atoms with Crippen LogP contribution < -0.4 is 5.32 Å². The van der Waals surface area contributed by atoms with Crippen LogP contribution in [0.1, 0.15) is 33.5 Å². The van der Waals surface area contributed by atoms with Crippen LogP contribution >= 0.6 is 0 Å². The maximum Gasteiger partial charge on any atom is 0.248 e. The lowest BCUT2D eigenvalue weighted by Gasteiger charge is -2.25. The predicted molar refractivity (Wildman–Crippen MR) is 80.1 cm³/mol. The molecule has 114 valence electrons. The summed E-state index contributed by atoms with van der Waals surface area (Å²) in [7, 11) is 1.41. The van der Waals surface area contributed by atoms with Crippen molar-refractivity contribution in [1.29, 1.82) is 0 Å². The zero-order chi connectivity index (χ0) is 16.0. The quantitative estimate of drug-likeness (QED) is 0.669. The molecule has 21 heavy (non-hydrogen) atoms. The van der Waals surface area contributed by atoms with E-state index in [-0.39, 0.29) is 17.4 Å². The maximum absolute atomic E-state index is 12.0. The molecule has 0 aromatic carbocycles. The fraction of sp³-hybridized carbons (Fsp3) is 0.375. The molecule has 0 radical (unpaired) electrons. The van der Waals surface area contributed by atoms with Crippen LogP contribution in [0.5, 0.6) is 0 Å². The highest BCUT2D eigenvalue weighted by Crippen LogP contribution is 2.26. The van der Waals surface area contributed by atoms with E-state index in [0.717, 1.165) is 0 Å². The van der Waals surface area contributed by atoms with Crippen molar-refractivity contribution >= 4 is 17.8 Å². The summed E-state index contributed by atoms with van der Waals surface area (Å²) < 4.78 is 10.2. The molecule has 0 aliphatic heterocycles. The monoisotopic (exact) mass is 291 g/mol. The Morgan fingerprint density at radius 2 is 2.00 bits per heavy atom. The topological polar surface area (TPSA) is 68.5 Å². The number of carbonyl (C=O) groups is 2. The second-order valence-electron chi connectivity index (χ2n) is 5.55.